The van der Waals surface area contributed by atoms with Crippen LogP contribution in [0.4, 0.5) is 0 Å². The molecule has 0 saturated carbocycles. The molecule has 0 aliphatic carbocycles. The largest absolute Gasteiger partial charge is 0.317 e. The molecule has 0 N–H and O–H groups in total. The molecule has 0 spiro atoms. The molecule has 0 bridgehead atoms. The molecular weight excluding hydrogens is 279 g/mol. The normalized spacial score (nSPS) is 10.3. The van der Waals surface area contributed by atoms with Crippen LogP contribution in [0.2, 0.25) is 0 Å². The van der Waals surface area contributed by atoms with Crippen LogP contribution in [0, 0.1) is 3.70 Å². The molecule has 0 aliphatic heterocycles. The highest BCUT2D eigenvalue weighted by molar-refractivity contribution is 14.1. The monoisotopic (exact) mass is 286 g/mol. The maximum absolute atomic E-state index is 4.18. The molecule has 0 atom stereocenters. The molecule has 2 aromatic rings. The fraction of sp³-hybridized carbons (Fsp3) is 0.125. The molecule has 4 nitrogen and oxygen atoms in total. The minimum absolute atomic E-state index is 0.837. The van der Waals surface area contributed by atoms with Gasteiger partial charge in [0, 0.05) is 18.8 Å². The van der Waals surface area contributed by atoms with E-state index in [0.717, 1.165) is 15.1 Å². The van der Waals surface area contributed by atoms with Crippen molar-refractivity contribution in [1.29, 1.82) is 0 Å². The van der Waals surface area contributed by atoms with Gasteiger partial charge in [-0.1, -0.05) is 0 Å². The topological polar surface area (TPSA) is 43.6 Å². The summed E-state index contributed by atoms with van der Waals surface area (Å²) in [4.78, 5) is 4.18. The van der Waals surface area contributed by atoms with E-state index in [0.29, 0.717) is 0 Å². The third-order valence-electron chi connectivity index (χ3n) is 1.70. The molecule has 66 valence electrons. The molecule has 5 heteroatoms. The smallest absolute Gasteiger partial charge is 0.165 e. The van der Waals surface area contributed by atoms with Crippen LogP contribution in [0.3, 0.4) is 0 Å². The second-order valence-corrected chi connectivity index (χ2v) is 3.74. The molecule has 0 fully saturated rings. The van der Waals surface area contributed by atoms with Crippen molar-refractivity contribution in [3.63, 3.8) is 0 Å². The SMILES string of the molecule is Cn1cnnc1-c1ccc(I)nc1. The van der Waals surface area contributed by atoms with Crippen LogP contribution in [0.25, 0.3) is 11.4 Å². The maximum Gasteiger partial charge on any atom is 0.165 e. The molecule has 0 aromatic carbocycles. The first kappa shape index (κ1) is 8.61. The highest BCUT2D eigenvalue weighted by Crippen LogP contribution is 2.14. The van der Waals surface area contributed by atoms with E-state index in [-0.39, 0.29) is 0 Å². The van der Waals surface area contributed by atoms with Crippen molar-refractivity contribution in [3.8, 4) is 11.4 Å². The van der Waals surface area contributed by atoms with Gasteiger partial charge in [0.25, 0.3) is 0 Å². The Morgan fingerprint density at radius 2 is 2.23 bits per heavy atom. The Kier molecular flexibility index (Phi) is 2.26. The van der Waals surface area contributed by atoms with Crippen molar-refractivity contribution in [2.24, 2.45) is 7.05 Å². The lowest BCUT2D eigenvalue weighted by Crippen LogP contribution is -1.92. The van der Waals surface area contributed by atoms with E-state index in [9.17, 15) is 0 Å². The zero-order chi connectivity index (χ0) is 9.26. The molecule has 13 heavy (non-hydrogen) atoms. The van der Waals surface area contributed by atoms with Crippen molar-refractivity contribution in [3.05, 3.63) is 28.4 Å². The van der Waals surface area contributed by atoms with Crippen molar-refractivity contribution in [2.45, 2.75) is 0 Å². The fourth-order valence-corrected chi connectivity index (χ4v) is 1.37. The lowest BCUT2D eigenvalue weighted by molar-refractivity contribution is 0.918. The number of hydrogen-bond acceptors (Lipinski definition) is 3. The summed E-state index contributed by atoms with van der Waals surface area (Å²) < 4.78 is 2.84. The van der Waals surface area contributed by atoms with Gasteiger partial charge in [0.05, 0.1) is 0 Å². The second kappa shape index (κ2) is 3.41. The molecule has 0 unspecified atom stereocenters. The van der Waals surface area contributed by atoms with E-state index in [1.165, 1.54) is 0 Å². The van der Waals surface area contributed by atoms with E-state index >= 15 is 0 Å². The van der Waals surface area contributed by atoms with Gasteiger partial charge in [0.1, 0.15) is 10.0 Å². The quantitative estimate of drug-likeness (QED) is 0.589. The minimum atomic E-state index is 0.837. The van der Waals surface area contributed by atoms with Crippen molar-refractivity contribution >= 4 is 22.6 Å². The number of hydrogen-bond donors (Lipinski definition) is 0. The van der Waals surface area contributed by atoms with Gasteiger partial charge >= 0.3 is 0 Å². The van der Waals surface area contributed by atoms with E-state index < -0.39 is 0 Å². The summed E-state index contributed by atoms with van der Waals surface area (Å²) in [6, 6.07) is 3.93. The van der Waals surface area contributed by atoms with E-state index in [2.05, 4.69) is 37.8 Å². The first-order valence-corrected chi connectivity index (χ1v) is 4.81. The Hall–Kier alpha value is -0.980. The van der Waals surface area contributed by atoms with Crippen LogP contribution in [-0.2, 0) is 7.05 Å². The Morgan fingerprint density at radius 1 is 1.38 bits per heavy atom. The van der Waals surface area contributed by atoms with Gasteiger partial charge < -0.3 is 4.57 Å². The lowest BCUT2D eigenvalue weighted by atomic mass is 10.3. The summed E-state index contributed by atoms with van der Waals surface area (Å²) in [5.41, 5.74) is 0.986. The van der Waals surface area contributed by atoms with Crippen LogP contribution in [0.15, 0.2) is 24.7 Å². The van der Waals surface area contributed by atoms with Gasteiger partial charge in [-0.2, -0.15) is 0 Å². The molecule has 0 radical (unpaired) electrons. The number of aromatic nitrogens is 4. The minimum Gasteiger partial charge on any atom is -0.317 e. The van der Waals surface area contributed by atoms with Gasteiger partial charge in [0.2, 0.25) is 0 Å². The summed E-state index contributed by atoms with van der Waals surface area (Å²) in [6.07, 6.45) is 3.47. The molecule has 2 rings (SSSR count). The standard InChI is InChI=1S/C8H7IN4/c1-13-5-11-12-8(13)6-2-3-7(9)10-4-6/h2-5H,1H3. The third-order valence-corrected chi connectivity index (χ3v) is 2.34. The van der Waals surface area contributed by atoms with Gasteiger partial charge in [0.15, 0.2) is 5.82 Å². The number of nitrogens with zero attached hydrogens (tertiary/aromatic N) is 4. The van der Waals surface area contributed by atoms with Crippen LogP contribution in [-0.4, -0.2) is 19.7 Å². The molecule has 0 aliphatic rings. The molecule has 0 saturated heterocycles. The Bertz CT molecular complexity index is 406. The summed E-state index contributed by atoms with van der Waals surface area (Å²) in [6.45, 7) is 0. The number of halogens is 1. The van der Waals surface area contributed by atoms with Gasteiger partial charge in [-0.15, -0.1) is 10.2 Å². The Balaban J connectivity index is 2.47. The summed E-state index contributed by atoms with van der Waals surface area (Å²) in [7, 11) is 1.91. The van der Waals surface area contributed by atoms with Gasteiger partial charge in [-0.3, -0.25) is 0 Å². The lowest BCUT2D eigenvalue weighted by Gasteiger charge is -1.98. The first-order chi connectivity index (χ1) is 6.27. The van der Waals surface area contributed by atoms with E-state index in [1.807, 2.05) is 23.7 Å². The Labute approximate surface area is 89.2 Å². The van der Waals surface area contributed by atoms with Crippen LogP contribution in [0.5, 0.6) is 0 Å². The number of pyridine rings is 1. The first-order valence-electron chi connectivity index (χ1n) is 3.73. The zero-order valence-electron chi connectivity index (χ0n) is 6.98. The van der Waals surface area contributed by atoms with Crippen molar-refractivity contribution in [1.82, 2.24) is 19.7 Å². The maximum atomic E-state index is 4.18. The molecule has 2 heterocycles. The second-order valence-electron chi connectivity index (χ2n) is 2.64. The van der Waals surface area contributed by atoms with Gasteiger partial charge in [-0.25, -0.2) is 4.98 Å². The van der Waals surface area contributed by atoms with Crippen molar-refractivity contribution in [2.75, 3.05) is 0 Å². The van der Waals surface area contributed by atoms with Crippen LogP contribution in [0.1, 0.15) is 0 Å². The summed E-state index contributed by atoms with van der Waals surface area (Å²) in [5.74, 6) is 0.837. The zero-order valence-corrected chi connectivity index (χ0v) is 9.13. The highest BCUT2D eigenvalue weighted by atomic mass is 127. The molecule has 0 amide bonds. The fourth-order valence-electron chi connectivity index (χ4n) is 1.05. The highest BCUT2D eigenvalue weighted by Gasteiger charge is 2.03. The predicted molar refractivity (Wildman–Crippen MR) is 57.0 cm³/mol. The third kappa shape index (κ3) is 1.69. The number of rotatable bonds is 1. The van der Waals surface area contributed by atoms with E-state index in [4.69, 9.17) is 0 Å². The number of aryl methyl sites for hydroxylation is 1. The summed E-state index contributed by atoms with van der Waals surface area (Å²) in [5, 5.41) is 7.79. The predicted octanol–water partition coefficient (Wildman–Crippen LogP) is 1.48. The van der Waals surface area contributed by atoms with Crippen LogP contribution < -0.4 is 0 Å². The van der Waals surface area contributed by atoms with E-state index in [1.54, 1.807) is 12.5 Å². The van der Waals surface area contributed by atoms with Crippen LogP contribution >= 0.6 is 22.6 Å². The molecular formula is C8H7IN4. The van der Waals surface area contributed by atoms with Gasteiger partial charge in [-0.05, 0) is 34.7 Å². The Morgan fingerprint density at radius 3 is 2.77 bits per heavy atom. The average Bonchev–Trinajstić information content (AvgIpc) is 2.53. The molecule has 2 aromatic heterocycles. The average molecular weight is 286 g/mol. The van der Waals surface area contributed by atoms with Crippen molar-refractivity contribution < 1.29 is 0 Å². The summed E-state index contributed by atoms with van der Waals surface area (Å²) >= 11 is 2.17.